The number of nitrogens with one attached hydrogen (secondary N) is 2. The zero-order chi connectivity index (χ0) is 28.0. The molecule has 1 fully saturated rings. The summed E-state index contributed by atoms with van der Waals surface area (Å²) in [5, 5.41) is 9.31. The molecule has 9 heteroatoms. The molecule has 40 heavy (non-hydrogen) atoms. The van der Waals surface area contributed by atoms with Crippen molar-refractivity contribution in [3.05, 3.63) is 71.7 Å². The van der Waals surface area contributed by atoms with Crippen LogP contribution in [0.15, 0.2) is 59.4 Å². The fourth-order valence-electron chi connectivity index (χ4n) is 4.52. The minimum atomic E-state index is -0.452. The Labute approximate surface area is 234 Å². The van der Waals surface area contributed by atoms with E-state index in [1.54, 1.807) is 12.3 Å². The number of nitrogens with zero attached hydrogens (tertiary/aromatic N) is 4. The molecule has 2 N–H and O–H groups in total. The highest BCUT2D eigenvalue weighted by molar-refractivity contribution is 5.98. The Balaban J connectivity index is 1.13. The van der Waals surface area contributed by atoms with Crippen molar-refractivity contribution in [2.24, 2.45) is 0 Å². The second-order valence-corrected chi connectivity index (χ2v) is 11.1. The molecule has 5 rings (SSSR count). The quantitative estimate of drug-likeness (QED) is 0.223. The summed E-state index contributed by atoms with van der Waals surface area (Å²) in [6.45, 7) is 10.3. The summed E-state index contributed by atoms with van der Waals surface area (Å²) in [5.74, 6) is 8.70. The maximum atomic E-state index is 12.4. The Morgan fingerprint density at radius 3 is 2.45 bits per heavy atom. The third kappa shape index (κ3) is 7.42. The molecule has 9 nitrogen and oxygen atoms in total. The molecule has 0 aliphatic carbocycles. The Morgan fingerprint density at radius 1 is 0.975 bits per heavy atom. The molecule has 2 amide bonds. The fourth-order valence-corrected chi connectivity index (χ4v) is 4.52. The van der Waals surface area contributed by atoms with E-state index in [0.717, 1.165) is 36.4 Å². The number of amides is 2. The topological polar surface area (TPSA) is 96.9 Å². The summed E-state index contributed by atoms with van der Waals surface area (Å²) in [6.07, 6.45) is 8.66. The highest BCUT2D eigenvalue weighted by Gasteiger charge is 2.20. The summed E-state index contributed by atoms with van der Waals surface area (Å²) in [5.41, 5.74) is 2.23. The van der Waals surface area contributed by atoms with E-state index in [4.69, 9.17) is 9.26 Å². The van der Waals surface area contributed by atoms with Gasteiger partial charge in [-0.25, -0.2) is 9.78 Å². The maximum absolute atomic E-state index is 12.4. The largest absolute Gasteiger partial charge is 0.494 e. The number of fused-ring (bicyclic) bond motifs is 1. The molecule has 208 valence electrons. The van der Waals surface area contributed by atoms with Gasteiger partial charge in [0.15, 0.2) is 11.6 Å². The summed E-state index contributed by atoms with van der Waals surface area (Å²) in [6, 6.07) is 12.9. The van der Waals surface area contributed by atoms with Crippen LogP contribution >= 0.6 is 0 Å². The van der Waals surface area contributed by atoms with Crippen molar-refractivity contribution in [2.75, 3.05) is 36.9 Å². The van der Waals surface area contributed by atoms with Crippen LogP contribution < -0.4 is 15.4 Å². The standard InChI is InChI=1S/C31H36N6O3/c1-31(2,3)26-20-27(35-40-26)33-30(38)34-28-22-37-21-24(12-15-29(37)32-28)9-8-23-10-13-25(14-11-23)39-19-7-18-36-16-5-4-6-17-36/h10-15,20-22H,4-7,16-19H2,1-3H3,(H2,33,34,35,38). The van der Waals surface area contributed by atoms with Crippen LogP contribution in [0.3, 0.4) is 0 Å². The first-order chi connectivity index (χ1) is 19.3. The lowest BCUT2D eigenvalue weighted by Crippen LogP contribution is -2.31. The number of hydrogen-bond donors (Lipinski definition) is 2. The van der Waals surface area contributed by atoms with E-state index >= 15 is 0 Å². The van der Waals surface area contributed by atoms with Gasteiger partial charge < -0.3 is 18.6 Å². The molecule has 3 aromatic heterocycles. The Morgan fingerprint density at radius 2 is 1.70 bits per heavy atom. The average molecular weight is 541 g/mol. The van der Waals surface area contributed by atoms with Crippen molar-refractivity contribution >= 4 is 23.3 Å². The number of urea groups is 1. The van der Waals surface area contributed by atoms with E-state index in [1.165, 1.54) is 32.4 Å². The smallest absolute Gasteiger partial charge is 0.326 e. The number of ether oxygens (including phenoxy) is 1. The number of anilines is 2. The Hall–Kier alpha value is -4.29. The van der Waals surface area contributed by atoms with Crippen LogP contribution in [0.4, 0.5) is 16.4 Å². The van der Waals surface area contributed by atoms with Gasteiger partial charge in [0.2, 0.25) is 0 Å². The third-order valence-corrected chi connectivity index (χ3v) is 6.73. The molecular formula is C31H36N6O3. The molecule has 0 unspecified atom stereocenters. The second kappa shape index (κ2) is 12.3. The maximum Gasteiger partial charge on any atom is 0.326 e. The van der Waals surface area contributed by atoms with Crippen molar-refractivity contribution in [1.29, 1.82) is 0 Å². The number of benzene rings is 1. The van der Waals surface area contributed by atoms with Gasteiger partial charge >= 0.3 is 6.03 Å². The summed E-state index contributed by atoms with van der Waals surface area (Å²) < 4.78 is 13.0. The van der Waals surface area contributed by atoms with Crippen LogP contribution in [0.5, 0.6) is 5.75 Å². The first kappa shape index (κ1) is 27.3. The number of hydrogen-bond acceptors (Lipinski definition) is 6. The SMILES string of the molecule is CC(C)(C)c1cc(NC(=O)Nc2cn3cc(C#Cc4ccc(OCCCN5CCCCC5)cc4)ccc3n2)no1. The van der Waals surface area contributed by atoms with Crippen molar-refractivity contribution in [3.8, 4) is 17.6 Å². The minimum absolute atomic E-state index is 0.199. The third-order valence-electron chi connectivity index (χ3n) is 6.73. The summed E-state index contributed by atoms with van der Waals surface area (Å²) in [4.78, 5) is 19.4. The minimum Gasteiger partial charge on any atom is -0.494 e. The van der Waals surface area contributed by atoms with E-state index in [9.17, 15) is 4.79 Å². The van der Waals surface area contributed by atoms with Crippen molar-refractivity contribution in [1.82, 2.24) is 19.4 Å². The van der Waals surface area contributed by atoms with Gasteiger partial charge in [0.1, 0.15) is 17.2 Å². The van der Waals surface area contributed by atoms with Crippen LogP contribution in [0, 0.1) is 11.8 Å². The van der Waals surface area contributed by atoms with Gasteiger partial charge in [-0.1, -0.05) is 44.2 Å². The molecule has 1 saturated heterocycles. The van der Waals surface area contributed by atoms with Gasteiger partial charge in [0, 0.05) is 35.3 Å². The van der Waals surface area contributed by atoms with E-state index in [2.05, 4.69) is 37.5 Å². The number of carbonyl (C=O) groups is 1. The molecule has 1 aromatic carbocycles. The van der Waals surface area contributed by atoms with Crippen molar-refractivity contribution in [3.63, 3.8) is 0 Å². The van der Waals surface area contributed by atoms with Gasteiger partial charge in [0.05, 0.1) is 12.8 Å². The molecule has 0 spiro atoms. The predicted octanol–water partition coefficient (Wildman–Crippen LogP) is 5.92. The first-order valence-corrected chi connectivity index (χ1v) is 13.8. The molecule has 0 saturated carbocycles. The van der Waals surface area contributed by atoms with Crippen molar-refractivity contribution < 1.29 is 14.1 Å². The Kier molecular flexibility index (Phi) is 8.37. The van der Waals surface area contributed by atoms with Crippen LogP contribution in [0.25, 0.3) is 5.65 Å². The second-order valence-electron chi connectivity index (χ2n) is 11.1. The molecule has 1 aliphatic heterocycles. The van der Waals surface area contributed by atoms with Crippen LogP contribution in [0.1, 0.15) is 63.3 Å². The predicted molar refractivity (Wildman–Crippen MR) is 156 cm³/mol. The zero-order valence-electron chi connectivity index (χ0n) is 23.4. The van der Waals surface area contributed by atoms with Crippen LogP contribution in [-0.4, -0.2) is 51.7 Å². The number of piperidine rings is 1. The van der Waals surface area contributed by atoms with Crippen molar-refractivity contribution in [2.45, 2.75) is 51.9 Å². The molecular weight excluding hydrogens is 504 g/mol. The highest BCUT2D eigenvalue weighted by atomic mass is 16.5. The lowest BCUT2D eigenvalue weighted by Gasteiger charge is -2.26. The molecule has 4 aromatic rings. The normalized spacial score (nSPS) is 14.0. The average Bonchev–Trinajstić information content (AvgIpc) is 3.57. The zero-order valence-corrected chi connectivity index (χ0v) is 23.4. The van der Waals surface area contributed by atoms with Gasteiger partial charge in [-0.3, -0.25) is 10.6 Å². The lowest BCUT2D eigenvalue weighted by molar-refractivity contribution is 0.205. The van der Waals surface area contributed by atoms with Gasteiger partial charge in [-0.15, -0.1) is 0 Å². The number of likely N-dealkylation sites (tertiary alicyclic amines) is 1. The molecule has 0 atom stereocenters. The van der Waals surface area contributed by atoms with E-state index in [-0.39, 0.29) is 5.41 Å². The van der Waals surface area contributed by atoms with E-state index in [0.29, 0.717) is 23.0 Å². The molecule has 1 aliphatic rings. The van der Waals surface area contributed by atoms with Gasteiger partial charge in [0.25, 0.3) is 0 Å². The monoisotopic (exact) mass is 540 g/mol. The van der Waals surface area contributed by atoms with Gasteiger partial charge in [-0.05, 0) is 68.8 Å². The summed E-state index contributed by atoms with van der Waals surface area (Å²) in [7, 11) is 0. The van der Waals surface area contributed by atoms with Gasteiger partial charge in [-0.2, -0.15) is 0 Å². The number of carbonyl (C=O) groups excluding carboxylic acids is 1. The first-order valence-electron chi connectivity index (χ1n) is 13.8. The molecule has 4 heterocycles. The summed E-state index contributed by atoms with van der Waals surface area (Å²) >= 11 is 0. The molecule has 0 radical (unpaired) electrons. The molecule has 0 bridgehead atoms. The van der Waals surface area contributed by atoms with E-state index in [1.807, 2.05) is 67.8 Å². The van der Waals surface area contributed by atoms with Crippen LogP contribution in [-0.2, 0) is 5.41 Å². The number of imidazole rings is 1. The Bertz CT molecular complexity index is 1500. The fraction of sp³-hybridized carbons (Fsp3) is 0.387. The number of pyridine rings is 1. The number of aromatic nitrogens is 3. The lowest BCUT2D eigenvalue weighted by atomic mass is 9.93. The van der Waals surface area contributed by atoms with Crippen LogP contribution in [0.2, 0.25) is 0 Å². The highest BCUT2D eigenvalue weighted by Crippen LogP contribution is 2.24. The number of rotatable bonds is 7. The van der Waals surface area contributed by atoms with E-state index < -0.39 is 6.03 Å².